The second kappa shape index (κ2) is 5.00. The van der Waals surface area contributed by atoms with Crippen LogP contribution in [0.4, 0.5) is 0 Å². The number of aromatic nitrogens is 1. The van der Waals surface area contributed by atoms with E-state index in [9.17, 15) is 0 Å². The van der Waals surface area contributed by atoms with E-state index in [2.05, 4.69) is 16.2 Å². The van der Waals surface area contributed by atoms with Gasteiger partial charge in [0.15, 0.2) is 0 Å². The Balaban J connectivity index is 2.75. The average molecular weight is 218 g/mol. The predicted molar refractivity (Wildman–Crippen MR) is 65.3 cm³/mol. The van der Waals surface area contributed by atoms with Crippen molar-refractivity contribution in [2.24, 2.45) is 0 Å². The molecule has 0 atom stereocenters. The van der Waals surface area contributed by atoms with E-state index in [1.165, 1.54) is 0 Å². The number of methoxy groups -OCH3 is 1. The summed E-state index contributed by atoms with van der Waals surface area (Å²) in [4.78, 5) is 4.41. The first-order valence-electron chi connectivity index (χ1n) is 5.21. The zero-order valence-electron chi connectivity index (χ0n) is 10.3. The Kier molecular flexibility index (Phi) is 3.92. The minimum absolute atomic E-state index is 0.321. The molecular formula is C13H18N2O. The van der Waals surface area contributed by atoms with Gasteiger partial charge in [-0.2, -0.15) is 0 Å². The van der Waals surface area contributed by atoms with E-state index in [-0.39, 0.29) is 5.54 Å². The van der Waals surface area contributed by atoms with Crippen molar-refractivity contribution in [1.29, 1.82) is 0 Å². The molecule has 0 aliphatic heterocycles. The molecule has 0 saturated carbocycles. The number of nitrogens with one attached hydrogen (secondary N) is 1. The smallest absolute Gasteiger partial charge is 0.122 e. The number of hydrogen-bond acceptors (Lipinski definition) is 3. The molecule has 0 aliphatic rings. The highest BCUT2D eigenvalue weighted by Crippen LogP contribution is 2.13. The molecule has 86 valence electrons. The number of hydrogen-bond donors (Lipinski definition) is 1. The van der Waals surface area contributed by atoms with Crippen LogP contribution in [0.1, 0.15) is 25.2 Å². The van der Waals surface area contributed by atoms with Crippen molar-refractivity contribution in [3.8, 4) is 18.1 Å². The maximum absolute atomic E-state index is 5.40. The third-order valence-corrected chi connectivity index (χ3v) is 2.29. The van der Waals surface area contributed by atoms with Crippen molar-refractivity contribution < 1.29 is 4.74 Å². The minimum atomic E-state index is -0.321. The fraction of sp³-hybridized carbons (Fsp3) is 0.462. The number of ether oxygens (including phenoxy) is 1. The highest BCUT2D eigenvalue weighted by molar-refractivity contribution is 5.26. The molecule has 0 amide bonds. The standard InChI is InChI=1S/C13H18N2O/c1-6-13(3,4)14-9-11-8-12(16-5)7-10(2)15-11/h1,7-8,14H,9H2,2-5H3. The third kappa shape index (κ3) is 3.56. The summed E-state index contributed by atoms with van der Waals surface area (Å²) in [6.07, 6.45) is 5.40. The second-order valence-electron chi connectivity index (χ2n) is 4.26. The summed E-state index contributed by atoms with van der Waals surface area (Å²) in [6.45, 7) is 6.49. The molecule has 3 nitrogen and oxygen atoms in total. The zero-order valence-corrected chi connectivity index (χ0v) is 10.3. The van der Waals surface area contributed by atoms with Gasteiger partial charge in [-0.1, -0.05) is 5.92 Å². The monoisotopic (exact) mass is 218 g/mol. The van der Waals surface area contributed by atoms with Gasteiger partial charge in [0, 0.05) is 24.4 Å². The molecule has 0 unspecified atom stereocenters. The Morgan fingerprint density at radius 1 is 1.50 bits per heavy atom. The molecule has 0 saturated heterocycles. The van der Waals surface area contributed by atoms with Gasteiger partial charge in [-0.15, -0.1) is 6.42 Å². The van der Waals surface area contributed by atoms with E-state index in [4.69, 9.17) is 11.2 Å². The third-order valence-electron chi connectivity index (χ3n) is 2.29. The van der Waals surface area contributed by atoms with Gasteiger partial charge in [-0.05, 0) is 20.8 Å². The molecule has 1 N–H and O–H groups in total. The van der Waals surface area contributed by atoms with Gasteiger partial charge in [0.25, 0.3) is 0 Å². The van der Waals surface area contributed by atoms with E-state index >= 15 is 0 Å². The molecule has 0 spiro atoms. The number of rotatable bonds is 4. The van der Waals surface area contributed by atoms with Crippen LogP contribution < -0.4 is 10.1 Å². The number of nitrogens with zero attached hydrogens (tertiary/aromatic N) is 1. The molecule has 16 heavy (non-hydrogen) atoms. The van der Waals surface area contributed by atoms with Gasteiger partial charge in [0.1, 0.15) is 5.75 Å². The summed E-state index contributed by atoms with van der Waals surface area (Å²) in [5.74, 6) is 3.51. The molecule has 0 bridgehead atoms. The molecule has 3 heteroatoms. The fourth-order valence-electron chi connectivity index (χ4n) is 1.27. The maximum atomic E-state index is 5.40. The van der Waals surface area contributed by atoms with Crippen molar-refractivity contribution in [3.63, 3.8) is 0 Å². The molecule has 0 aromatic carbocycles. The number of aryl methyl sites for hydroxylation is 1. The average Bonchev–Trinajstić information content (AvgIpc) is 2.26. The Labute approximate surface area is 97.2 Å². The Morgan fingerprint density at radius 2 is 2.19 bits per heavy atom. The summed E-state index contributed by atoms with van der Waals surface area (Å²) in [7, 11) is 1.65. The van der Waals surface area contributed by atoms with Crippen molar-refractivity contribution in [2.75, 3.05) is 7.11 Å². The lowest BCUT2D eigenvalue weighted by Crippen LogP contribution is -2.37. The van der Waals surface area contributed by atoms with Crippen LogP contribution in [0.5, 0.6) is 5.75 Å². The van der Waals surface area contributed by atoms with Gasteiger partial charge < -0.3 is 4.74 Å². The van der Waals surface area contributed by atoms with Crippen molar-refractivity contribution in [2.45, 2.75) is 32.9 Å². The van der Waals surface area contributed by atoms with Crippen LogP contribution in [0.2, 0.25) is 0 Å². The van der Waals surface area contributed by atoms with E-state index in [0.29, 0.717) is 6.54 Å². The molecule has 0 fully saturated rings. The first-order chi connectivity index (χ1) is 7.46. The largest absolute Gasteiger partial charge is 0.497 e. The quantitative estimate of drug-likeness (QED) is 0.784. The summed E-state index contributed by atoms with van der Waals surface area (Å²) < 4.78 is 5.19. The molecule has 1 heterocycles. The normalized spacial score (nSPS) is 10.9. The van der Waals surface area contributed by atoms with E-state index in [0.717, 1.165) is 17.1 Å². The van der Waals surface area contributed by atoms with Crippen LogP contribution in [0, 0.1) is 19.3 Å². The molecule has 1 rings (SSSR count). The lowest BCUT2D eigenvalue weighted by molar-refractivity contribution is 0.411. The van der Waals surface area contributed by atoms with Crippen LogP contribution in [0.3, 0.4) is 0 Å². The zero-order chi connectivity index (χ0) is 12.2. The van der Waals surface area contributed by atoms with Crippen molar-refractivity contribution in [3.05, 3.63) is 23.5 Å². The second-order valence-corrected chi connectivity index (χ2v) is 4.26. The van der Waals surface area contributed by atoms with Crippen molar-refractivity contribution >= 4 is 0 Å². The first kappa shape index (κ1) is 12.5. The maximum Gasteiger partial charge on any atom is 0.122 e. The van der Waals surface area contributed by atoms with Gasteiger partial charge in [0.2, 0.25) is 0 Å². The molecule has 0 radical (unpaired) electrons. The number of pyridine rings is 1. The van der Waals surface area contributed by atoms with Gasteiger partial charge in [0.05, 0.1) is 18.3 Å². The van der Waals surface area contributed by atoms with Crippen molar-refractivity contribution in [1.82, 2.24) is 10.3 Å². The van der Waals surface area contributed by atoms with Crippen LogP contribution in [0.25, 0.3) is 0 Å². The number of terminal acetylenes is 1. The SMILES string of the molecule is C#CC(C)(C)NCc1cc(OC)cc(C)n1. The van der Waals surface area contributed by atoms with Gasteiger partial charge in [-0.3, -0.25) is 10.3 Å². The molecular weight excluding hydrogens is 200 g/mol. The summed E-state index contributed by atoms with van der Waals surface area (Å²) in [5.41, 5.74) is 1.55. The summed E-state index contributed by atoms with van der Waals surface area (Å²) >= 11 is 0. The van der Waals surface area contributed by atoms with Crippen LogP contribution >= 0.6 is 0 Å². The van der Waals surface area contributed by atoms with Crippen LogP contribution in [0.15, 0.2) is 12.1 Å². The molecule has 1 aromatic heterocycles. The minimum Gasteiger partial charge on any atom is -0.497 e. The summed E-state index contributed by atoms with van der Waals surface area (Å²) in [6, 6.07) is 3.81. The summed E-state index contributed by atoms with van der Waals surface area (Å²) in [5, 5.41) is 3.25. The van der Waals surface area contributed by atoms with Gasteiger partial charge >= 0.3 is 0 Å². The van der Waals surface area contributed by atoms with E-state index in [1.54, 1.807) is 7.11 Å². The highest BCUT2D eigenvalue weighted by atomic mass is 16.5. The van der Waals surface area contributed by atoms with Gasteiger partial charge in [-0.25, -0.2) is 0 Å². The molecule has 1 aromatic rings. The first-order valence-corrected chi connectivity index (χ1v) is 5.21. The van der Waals surface area contributed by atoms with E-state index in [1.807, 2.05) is 32.9 Å². The topological polar surface area (TPSA) is 34.1 Å². The lowest BCUT2D eigenvalue weighted by atomic mass is 10.1. The Hall–Kier alpha value is -1.53. The van der Waals surface area contributed by atoms with Crippen LogP contribution in [-0.2, 0) is 6.54 Å². The lowest BCUT2D eigenvalue weighted by Gasteiger charge is -2.19. The van der Waals surface area contributed by atoms with Crippen LogP contribution in [-0.4, -0.2) is 17.6 Å². The fourth-order valence-corrected chi connectivity index (χ4v) is 1.27. The molecule has 0 aliphatic carbocycles. The predicted octanol–water partition coefficient (Wildman–Crippen LogP) is 1.90. The Morgan fingerprint density at radius 3 is 2.75 bits per heavy atom. The highest BCUT2D eigenvalue weighted by Gasteiger charge is 2.12. The van der Waals surface area contributed by atoms with E-state index < -0.39 is 0 Å². The Bertz CT molecular complexity index is 405.